The van der Waals surface area contributed by atoms with E-state index in [1.807, 2.05) is 30.3 Å². The van der Waals surface area contributed by atoms with E-state index in [9.17, 15) is 9.59 Å². The smallest absolute Gasteiger partial charge is 0.225 e. The van der Waals surface area contributed by atoms with Gasteiger partial charge in [-0.1, -0.05) is 36.7 Å². The van der Waals surface area contributed by atoms with Gasteiger partial charge in [-0.3, -0.25) is 9.59 Å². The number of allylic oxidation sites excluding steroid dienone is 2. The SMILES string of the molecule is CCCOc1ccc(C2CC(=O)C3=C(C2)NC(=O)CC3c2ccc(OC)c(Cl)c2)cc1. The number of rotatable bonds is 6. The number of methoxy groups -OCH3 is 1. The van der Waals surface area contributed by atoms with Gasteiger partial charge in [0.05, 0.1) is 18.7 Å². The van der Waals surface area contributed by atoms with Gasteiger partial charge < -0.3 is 14.8 Å². The highest BCUT2D eigenvalue weighted by Crippen LogP contribution is 2.43. The Bertz CT molecular complexity index is 1030. The molecule has 5 nitrogen and oxygen atoms in total. The van der Waals surface area contributed by atoms with Crippen LogP contribution in [0.25, 0.3) is 0 Å². The molecule has 1 heterocycles. The Morgan fingerprint density at radius 1 is 1.03 bits per heavy atom. The van der Waals surface area contributed by atoms with E-state index in [-0.39, 0.29) is 29.9 Å². The zero-order valence-electron chi connectivity index (χ0n) is 17.7. The van der Waals surface area contributed by atoms with Crippen molar-refractivity contribution in [2.75, 3.05) is 13.7 Å². The molecule has 2 aromatic carbocycles. The zero-order chi connectivity index (χ0) is 22.0. The number of carbonyl (C=O) groups excluding carboxylic acids is 2. The predicted molar refractivity (Wildman–Crippen MR) is 120 cm³/mol. The first kappa shape index (κ1) is 21.4. The summed E-state index contributed by atoms with van der Waals surface area (Å²) in [5.74, 6) is 1.15. The third-order valence-electron chi connectivity index (χ3n) is 5.94. The zero-order valence-corrected chi connectivity index (χ0v) is 18.5. The Kier molecular flexibility index (Phi) is 6.33. The Morgan fingerprint density at radius 2 is 1.77 bits per heavy atom. The summed E-state index contributed by atoms with van der Waals surface area (Å²) in [6.07, 6.45) is 2.24. The van der Waals surface area contributed by atoms with Gasteiger partial charge in [0.2, 0.25) is 5.91 Å². The van der Waals surface area contributed by atoms with Gasteiger partial charge in [-0.2, -0.15) is 0 Å². The fourth-order valence-electron chi connectivity index (χ4n) is 4.44. The maximum absolute atomic E-state index is 13.2. The number of halogens is 1. The highest BCUT2D eigenvalue weighted by molar-refractivity contribution is 6.32. The molecule has 1 N–H and O–H groups in total. The molecule has 1 amide bonds. The number of Topliss-reactive ketones (excluding diaryl/α,β-unsaturated/α-hetero) is 1. The molecule has 0 bridgehead atoms. The van der Waals surface area contributed by atoms with Crippen LogP contribution in [0.15, 0.2) is 53.7 Å². The number of amides is 1. The number of ketones is 1. The lowest BCUT2D eigenvalue weighted by Crippen LogP contribution is -2.38. The molecule has 2 atom stereocenters. The van der Waals surface area contributed by atoms with Crippen molar-refractivity contribution in [3.63, 3.8) is 0 Å². The van der Waals surface area contributed by atoms with E-state index in [4.69, 9.17) is 21.1 Å². The van der Waals surface area contributed by atoms with Gasteiger partial charge >= 0.3 is 0 Å². The molecule has 1 aliphatic carbocycles. The van der Waals surface area contributed by atoms with E-state index in [2.05, 4.69) is 12.2 Å². The summed E-state index contributed by atoms with van der Waals surface area (Å²) in [6, 6.07) is 13.4. The van der Waals surface area contributed by atoms with E-state index < -0.39 is 0 Å². The third-order valence-corrected chi connectivity index (χ3v) is 6.23. The van der Waals surface area contributed by atoms with E-state index in [0.29, 0.717) is 35.8 Å². The van der Waals surface area contributed by atoms with Crippen LogP contribution in [-0.2, 0) is 9.59 Å². The largest absolute Gasteiger partial charge is 0.495 e. The molecule has 2 aliphatic rings. The fraction of sp³-hybridized carbons (Fsp3) is 0.360. The summed E-state index contributed by atoms with van der Waals surface area (Å²) < 4.78 is 10.9. The summed E-state index contributed by atoms with van der Waals surface area (Å²) >= 11 is 6.31. The summed E-state index contributed by atoms with van der Waals surface area (Å²) in [7, 11) is 1.56. The molecule has 0 saturated carbocycles. The van der Waals surface area contributed by atoms with Crippen molar-refractivity contribution in [2.24, 2.45) is 0 Å². The van der Waals surface area contributed by atoms with Crippen LogP contribution in [0.1, 0.15) is 55.6 Å². The first-order valence-electron chi connectivity index (χ1n) is 10.6. The quantitative estimate of drug-likeness (QED) is 0.676. The standard InChI is InChI=1S/C25H26ClNO4/c1-3-10-31-18-7-4-15(5-8-18)17-12-21-25(22(28)13-17)19(14-24(29)27-21)16-6-9-23(30-2)20(26)11-16/h4-9,11,17,19H,3,10,12-14H2,1-2H3,(H,27,29). The second kappa shape index (κ2) is 9.15. The molecule has 4 rings (SSSR count). The van der Waals surface area contributed by atoms with E-state index in [1.54, 1.807) is 19.2 Å². The Balaban J connectivity index is 1.61. The summed E-state index contributed by atoms with van der Waals surface area (Å²) in [5, 5.41) is 3.43. The molecule has 0 spiro atoms. The summed E-state index contributed by atoms with van der Waals surface area (Å²) in [6.45, 7) is 2.75. The summed E-state index contributed by atoms with van der Waals surface area (Å²) in [4.78, 5) is 25.7. The Labute approximate surface area is 187 Å². The molecule has 0 fully saturated rings. The van der Waals surface area contributed by atoms with Crippen molar-refractivity contribution in [3.05, 3.63) is 69.9 Å². The lowest BCUT2D eigenvalue weighted by atomic mass is 9.73. The van der Waals surface area contributed by atoms with E-state index in [0.717, 1.165) is 29.0 Å². The number of hydrogen-bond acceptors (Lipinski definition) is 4. The number of carbonyl (C=O) groups is 2. The van der Waals surface area contributed by atoms with Crippen molar-refractivity contribution < 1.29 is 19.1 Å². The van der Waals surface area contributed by atoms with Gasteiger partial charge in [0.15, 0.2) is 5.78 Å². The minimum Gasteiger partial charge on any atom is -0.495 e. The topological polar surface area (TPSA) is 64.6 Å². The molecule has 0 saturated heterocycles. The van der Waals surface area contributed by atoms with Crippen molar-refractivity contribution in [2.45, 2.75) is 44.4 Å². The van der Waals surface area contributed by atoms with Gasteiger partial charge in [-0.05, 0) is 54.2 Å². The highest BCUT2D eigenvalue weighted by Gasteiger charge is 2.38. The van der Waals surface area contributed by atoms with Crippen molar-refractivity contribution in [1.29, 1.82) is 0 Å². The van der Waals surface area contributed by atoms with Crippen LogP contribution in [0.3, 0.4) is 0 Å². The molecule has 31 heavy (non-hydrogen) atoms. The van der Waals surface area contributed by atoms with Crippen molar-refractivity contribution in [1.82, 2.24) is 5.32 Å². The third kappa shape index (κ3) is 4.47. The first-order chi connectivity index (χ1) is 15.0. The average molecular weight is 440 g/mol. The molecule has 1 aliphatic heterocycles. The minimum absolute atomic E-state index is 0.0324. The number of hydrogen-bond donors (Lipinski definition) is 1. The molecule has 2 unspecified atom stereocenters. The second-order valence-corrected chi connectivity index (χ2v) is 8.44. The van der Waals surface area contributed by atoms with E-state index >= 15 is 0 Å². The first-order valence-corrected chi connectivity index (χ1v) is 11.0. The lowest BCUT2D eigenvalue weighted by Gasteiger charge is -2.34. The van der Waals surface area contributed by atoms with Crippen molar-refractivity contribution in [3.8, 4) is 11.5 Å². The van der Waals surface area contributed by atoms with Crippen LogP contribution < -0.4 is 14.8 Å². The maximum Gasteiger partial charge on any atom is 0.225 e. The lowest BCUT2D eigenvalue weighted by molar-refractivity contribution is -0.122. The van der Waals surface area contributed by atoms with Crippen LogP contribution in [0.5, 0.6) is 11.5 Å². The number of nitrogens with one attached hydrogen (secondary N) is 1. The minimum atomic E-state index is -0.287. The van der Waals surface area contributed by atoms with Crippen LogP contribution >= 0.6 is 11.6 Å². The molecule has 6 heteroatoms. The summed E-state index contributed by atoms with van der Waals surface area (Å²) in [5.41, 5.74) is 3.38. The highest BCUT2D eigenvalue weighted by atomic mass is 35.5. The number of ether oxygens (including phenoxy) is 2. The van der Waals surface area contributed by atoms with Crippen molar-refractivity contribution >= 4 is 23.3 Å². The van der Waals surface area contributed by atoms with Crippen LogP contribution in [0.2, 0.25) is 5.02 Å². The van der Waals surface area contributed by atoms with Crippen LogP contribution in [0, 0.1) is 0 Å². The molecular weight excluding hydrogens is 414 g/mol. The van der Waals surface area contributed by atoms with Crippen LogP contribution in [0.4, 0.5) is 0 Å². The normalized spacial score (nSPS) is 20.9. The fourth-order valence-corrected chi connectivity index (χ4v) is 4.70. The van der Waals surface area contributed by atoms with Gasteiger partial charge in [-0.25, -0.2) is 0 Å². The van der Waals surface area contributed by atoms with Crippen LogP contribution in [-0.4, -0.2) is 25.4 Å². The second-order valence-electron chi connectivity index (χ2n) is 8.04. The van der Waals surface area contributed by atoms with Gasteiger partial charge in [0.1, 0.15) is 11.5 Å². The molecule has 0 radical (unpaired) electrons. The molecule has 0 aromatic heterocycles. The molecule has 162 valence electrons. The van der Waals surface area contributed by atoms with Gasteiger partial charge in [-0.15, -0.1) is 0 Å². The maximum atomic E-state index is 13.2. The molecular formula is C25H26ClNO4. The monoisotopic (exact) mass is 439 g/mol. The predicted octanol–water partition coefficient (Wildman–Crippen LogP) is 5.14. The van der Waals surface area contributed by atoms with E-state index in [1.165, 1.54) is 0 Å². The van der Waals surface area contributed by atoms with Gasteiger partial charge in [0.25, 0.3) is 0 Å². The molecule has 2 aromatic rings. The van der Waals surface area contributed by atoms with Gasteiger partial charge in [0, 0.05) is 30.0 Å². The Morgan fingerprint density at radius 3 is 2.45 bits per heavy atom. The number of benzene rings is 2. The average Bonchev–Trinajstić information content (AvgIpc) is 2.77. The Hall–Kier alpha value is -2.79.